The summed E-state index contributed by atoms with van der Waals surface area (Å²) < 4.78 is 9.15. The number of halogens is 1. The molecule has 0 N–H and O–H groups in total. The van der Waals surface area contributed by atoms with Crippen molar-refractivity contribution in [1.82, 2.24) is 19.7 Å². The maximum absolute atomic E-state index is 12.9. The highest BCUT2D eigenvalue weighted by atomic mass is 79.9. The molecule has 178 valence electrons. The van der Waals surface area contributed by atoms with Gasteiger partial charge in [-0.15, -0.1) is 10.2 Å². The highest BCUT2D eigenvalue weighted by Crippen LogP contribution is 2.37. The fourth-order valence-corrected chi connectivity index (χ4v) is 5.63. The van der Waals surface area contributed by atoms with E-state index in [1.165, 1.54) is 5.56 Å². The van der Waals surface area contributed by atoms with Crippen LogP contribution in [0.4, 0.5) is 0 Å². The number of fused-ring (bicyclic) bond motifs is 1. The van der Waals surface area contributed by atoms with Gasteiger partial charge in [-0.2, -0.15) is 0 Å². The van der Waals surface area contributed by atoms with E-state index >= 15 is 0 Å². The summed E-state index contributed by atoms with van der Waals surface area (Å²) >= 11 is 3.52. The van der Waals surface area contributed by atoms with Crippen LogP contribution in [-0.2, 0) is 20.2 Å². The zero-order valence-electron chi connectivity index (χ0n) is 20.0. The number of benzene rings is 2. The maximum atomic E-state index is 12.9. The lowest BCUT2D eigenvalue weighted by molar-refractivity contribution is 0.0650. The molecule has 0 unspecified atom stereocenters. The third-order valence-corrected chi connectivity index (χ3v) is 7.79. The summed E-state index contributed by atoms with van der Waals surface area (Å²) in [7, 11) is 2.03. The Labute approximate surface area is 209 Å². The van der Waals surface area contributed by atoms with Gasteiger partial charge >= 0.3 is 0 Å². The number of amides is 1. The predicted octanol–water partition coefficient (Wildman–Crippen LogP) is 5.96. The molecule has 2 aliphatic rings. The van der Waals surface area contributed by atoms with E-state index in [1.807, 2.05) is 31.3 Å². The standard InChI is InChI=1S/C27H31BrN4O2/c1-17(2)19-5-4-6-23(14-19)34-16-25-29-30-26(31(25)3)18-7-10-22(11-8-18)32-15-20-13-21(28)9-12-24(20)27(32)33/h4-6,9,12-14,17-18,22H,7-8,10-11,15-16H2,1-3H3. The van der Waals surface area contributed by atoms with E-state index in [0.29, 0.717) is 31.0 Å². The Morgan fingerprint density at radius 2 is 1.88 bits per heavy atom. The van der Waals surface area contributed by atoms with Crippen LogP contribution in [0.2, 0.25) is 0 Å². The maximum Gasteiger partial charge on any atom is 0.254 e. The van der Waals surface area contributed by atoms with Gasteiger partial charge in [0.2, 0.25) is 0 Å². The Morgan fingerprint density at radius 1 is 1.09 bits per heavy atom. The minimum absolute atomic E-state index is 0.172. The first-order chi connectivity index (χ1) is 16.4. The summed E-state index contributed by atoms with van der Waals surface area (Å²) in [6, 6.07) is 14.5. The number of carbonyl (C=O) groups is 1. The molecule has 0 spiro atoms. The summed E-state index contributed by atoms with van der Waals surface area (Å²) in [4.78, 5) is 15.0. The highest BCUT2D eigenvalue weighted by molar-refractivity contribution is 9.10. The molecule has 0 atom stereocenters. The number of aromatic nitrogens is 3. The molecule has 34 heavy (non-hydrogen) atoms. The van der Waals surface area contributed by atoms with Crippen molar-refractivity contribution in [3.8, 4) is 5.75 Å². The van der Waals surface area contributed by atoms with Gasteiger partial charge in [0, 0.05) is 35.6 Å². The molecule has 3 aromatic rings. The lowest BCUT2D eigenvalue weighted by atomic mass is 9.84. The van der Waals surface area contributed by atoms with Crippen molar-refractivity contribution in [2.75, 3.05) is 0 Å². The molecular weight excluding hydrogens is 492 g/mol. The number of nitrogens with zero attached hydrogens (tertiary/aromatic N) is 4. The fraction of sp³-hybridized carbons (Fsp3) is 0.444. The SMILES string of the molecule is CC(C)c1cccc(OCc2nnc(C3CCC(N4Cc5cc(Br)ccc5C4=O)CC3)n2C)c1. The van der Waals surface area contributed by atoms with Gasteiger partial charge in [-0.05, 0) is 73.1 Å². The quantitative estimate of drug-likeness (QED) is 0.400. The summed E-state index contributed by atoms with van der Waals surface area (Å²) in [6.45, 7) is 5.48. The number of hydrogen-bond donors (Lipinski definition) is 0. The number of carbonyl (C=O) groups excluding carboxylic acids is 1. The molecule has 0 saturated heterocycles. The highest BCUT2D eigenvalue weighted by Gasteiger charge is 2.36. The van der Waals surface area contributed by atoms with Crippen LogP contribution in [0.3, 0.4) is 0 Å². The van der Waals surface area contributed by atoms with E-state index in [9.17, 15) is 4.79 Å². The minimum atomic E-state index is 0.172. The summed E-state index contributed by atoms with van der Waals surface area (Å²) in [5.41, 5.74) is 3.24. The average Bonchev–Trinajstić information content (AvgIpc) is 3.37. The summed E-state index contributed by atoms with van der Waals surface area (Å²) in [6.07, 6.45) is 4.01. The van der Waals surface area contributed by atoms with Gasteiger partial charge in [0.15, 0.2) is 5.82 Å². The molecule has 1 aliphatic heterocycles. The zero-order chi connectivity index (χ0) is 23.8. The molecule has 1 fully saturated rings. The van der Waals surface area contributed by atoms with Gasteiger partial charge in [0.1, 0.15) is 18.2 Å². The second-order valence-corrected chi connectivity index (χ2v) is 10.7. The topological polar surface area (TPSA) is 60.3 Å². The smallest absolute Gasteiger partial charge is 0.254 e. The Hall–Kier alpha value is -2.67. The minimum Gasteiger partial charge on any atom is -0.486 e. The van der Waals surface area contributed by atoms with E-state index < -0.39 is 0 Å². The number of hydrogen-bond acceptors (Lipinski definition) is 4. The van der Waals surface area contributed by atoms with Crippen LogP contribution >= 0.6 is 15.9 Å². The molecule has 0 radical (unpaired) electrons. The largest absolute Gasteiger partial charge is 0.486 e. The third kappa shape index (κ3) is 4.50. The van der Waals surface area contributed by atoms with Crippen LogP contribution in [0.15, 0.2) is 46.9 Å². The Balaban J connectivity index is 1.19. The van der Waals surface area contributed by atoms with Gasteiger partial charge in [0.25, 0.3) is 5.91 Å². The van der Waals surface area contributed by atoms with E-state index in [1.54, 1.807) is 0 Å². The van der Waals surface area contributed by atoms with Crippen molar-refractivity contribution in [2.45, 2.75) is 70.6 Å². The van der Waals surface area contributed by atoms with Gasteiger partial charge in [-0.25, -0.2) is 0 Å². The number of rotatable bonds is 6. The second kappa shape index (κ2) is 9.53. The lowest BCUT2D eigenvalue weighted by Gasteiger charge is -2.34. The van der Waals surface area contributed by atoms with Crippen LogP contribution in [0, 0.1) is 0 Å². The van der Waals surface area contributed by atoms with Crippen molar-refractivity contribution in [2.24, 2.45) is 7.05 Å². The molecule has 7 heteroatoms. The van der Waals surface area contributed by atoms with Gasteiger partial charge in [0.05, 0.1) is 0 Å². The molecule has 6 nitrogen and oxygen atoms in total. The van der Waals surface area contributed by atoms with Crippen molar-refractivity contribution in [1.29, 1.82) is 0 Å². The Bertz CT molecular complexity index is 1200. The van der Waals surface area contributed by atoms with Gasteiger partial charge < -0.3 is 14.2 Å². The van der Waals surface area contributed by atoms with Gasteiger partial charge in [-0.1, -0.05) is 41.9 Å². The molecule has 2 aromatic carbocycles. The molecule has 5 rings (SSSR count). The van der Waals surface area contributed by atoms with Crippen LogP contribution in [0.5, 0.6) is 5.75 Å². The monoisotopic (exact) mass is 522 g/mol. The zero-order valence-corrected chi connectivity index (χ0v) is 21.6. The number of ether oxygens (including phenoxy) is 1. The normalized spacial score (nSPS) is 20.1. The van der Waals surface area contributed by atoms with Crippen LogP contribution in [-0.4, -0.2) is 31.6 Å². The first kappa shape index (κ1) is 23.1. The fourth-order valence-electron chi connectivity index (χ4n) is 5.22. The van der Waals surface area contributed by atoms with Crippen molar-refractivity contribution in [3.05, 3.63) is 75.3 Å². The molecule has 1 saturated carbocycles. The molecule has 1 amide bonds. The summed E-state index contributed by atoms with van der Waals surface area (Å²) in [5, 5.41) is 8.95. The Kier molecular flexibility index (Phi) is 6.47. The first-order valence-electron chi connectivity index (χ1n) is 12.1. The lowest BCUT2D eigenvalue weighted by Crippen LogP contribution is -2.38. The van der Waals surface area contributed by atoms with Crippen molar-refractivity contribution >= 4 is 21.8 Å². The van der Waals surface area contributed by atoms with Gasteiger partial charge in [-0.3, -0.25) is 4.79 Å². The van der Waals surface area contributed by atoms with Crippen LogP contribution in [0.25, 0.3) is 0 Å². The second-order valence-electron chi connectivity index (χ2n) is 9.79. The van der Waals surface area contributed by atoms with E-state index in [0.717, 1.165) is 58.7 Å². The molecule has 0 bridgehead atoms. The third-order valence-electron chi connectivity index (χ3n) is 7.29. The molecule has 2 heterocycles. The molecular formula is C27H31BrN4O2. The van der Waals surface area contributed by atoms with Crippen molar-refractivity contribution in [3.63, 3.8) is 0 Å². The predicted molar refractivity (Wildman–Crippen MR) is 135 cm³/mol. The van der Waals surface area contributed by atoms with E-state index in [4.69, 9.17) is 4.74 Å². The van der Waals surface area contributed by atoms with E-state index in [2.05, 4.69) is 67.6 Å². The van der Waals surface area contributed by atoms with E-state index in [-0.39, 0.29) is 5.91 Å². The Morgan fingerprint density at radius 3 is 2.65 bits per heavy atom. The average molecular weight is 523 g/mol. The summed E-state index contributed by atoms with van der Waals surface area (Å²) in [5.74, 6) is 3.72. The first-order valence-corrected chi connectivity index (χ1v) is 12.9. The van der Waals surface area contributed by atoms with Crippen LogP contribution < -0.4 is 4.74 Å². The van der Waals surface area contributed by atoms with Crippen molar-refractivity contribution < 1.29 is 9.53 Å². The molecule has 1 aliphatic carbocycles. The van der Waals surface area contributed by atoms with Crippen LogP contribution in [0.1, 0.15) is 84.5 Å². The molecule has 1 aromatic heterocycles.